The first kappa shape index (κ1) is 14.8. The lowest BCUT2D eigenvalue weighted by Crippen LogP contribution is -2.53. The summed E-state index contributed by atoms with van der Waals surface area (Å²) in [6.45, 7) is 8.62. The minimum Gasteiger partial charge on any atom is -0.395 e. The summed E-state index contributed by atoms with van der Waals surface area (Å²) in [7, 11) is 0. The van der Waals surface area contributed by atoms with Gasteiger partial charge in [-0.05, 0) is 18.8 Å². The van der Waals surface area contributed by atoms with Gasteiger partial charge in [0.25, 0.3) is 0 Å². The van der Waals surface area contributed by atoms with Crippen molar-refractivity contribution in [3.05, 3.63) is 0 Å². The van der Waals surface area contributed by atoms with Gasteiger partial charge >= 0.3 is 0 Å². The van der Waals surface area contributed by atoms with E-state index >= 15 is 0 Å². The van der Waals surface area contributed by atoms with Gasteiger partial charge in [0.2, 0.25) is 5.91 Å². The fourth-order valence-corrected chi connectivity index (χ4v) is 3.55. The molecule has 1 amide bonds. The number of nitrogens with zero attached hydrogens (tertiary/aromatic N) is 2. The molecule has 1 N–H and O–H groups in total. The van der Waals surface area contributed by atoms with Crippen molar-refractivity contribution >= 4 is 5.91 Å². The Kier molecular flexibility index (Phi) is 4.85. The highest BCUT2D eigenvalue weighted by Crippen LogP contribution is 2.40. The molecule has 0 aromatic heterocycles. The Morgan fingerprint density at radius 1 is 1.16 bits per heavy atom. The third-order valence-corrected chi connectivity index (χ3v) is 5.00. The van der Waals surface area contributed by atoms with E-state index < -0.39 is 0 Å². The minimum atomic E-state index is -0.199. The summed E-state index contributed by atoms with van der Waals surface area (Å²) >= 11 is 0. The standard InChI is InChI=1S/C15H28N2O2/c1-15(2,13-5-3-4-6-13)14(19)17-9-7-16(8-10-17)11-12-18/h13,18H,3-12H2,1-2H3. The third-order valence-electron chi connectivity index (χ3n) is 5.00. The van der Waals surface area contributed by atoms with Crippen LogP contribution in [0, 0.1) is 11.3 Å². The molecule has 2 fully saturated rings. The van der Waals surface area contributed by atoms with E-state index in [2.05, 4.69) is 18.7 Å². The van der Waals surface area contributed by atoms with Crippen LogP contribution in [-0.2, 0) is 4.79 Å². The highest BCUT2D eigenvalue weighted by molar-refractivity contribution is 5.82. The van der Waals surface area contributed by atoms with Crippen molar-refractivity contribution in [2.45, 2.75) is 39.5 Å². The van der Waals surface area contributed by atoms with E-state index in [0.29, 0.717) is 11.8 Å². The lowest BCUT2D eigenvalue weighted by Gasteiger charge is -2.40. The van der Waals surface area contributed by atoms with E-state index in [4.69, 9.17) is 5.11 Å². The molecule has 4 heteroatoms. The Bertz CT molecular complexity index is 303. The molecule has 4 nitrogen and oxygen atoms in total. The third kappa shape index (κ3) is 3.29. The fraction of sp³-hybridized carbons (Fsp3) is 0.933. The average molecular weight is 268 g/mol. The summed E-state index contributed by atoms with van der Waals surface area (Å²) < 4.78 is 0. The summed E-state index contributed by atoms with van der Waals surface area (Å²) in [5, 5.41) is 8.94. The van der Waals surface area contributed by atoms with Crippen LogP contribution in [0.3, 0.4) is 0 Å². The number of carbonyl (C=O) groups excluding carboxylic acids is 1. The van der Waals surface area contributed by atoms with Crippen molar-refractivity contribution < 1.29 is 9.90 Å². The number of hydrogen-bond donors (Lipinski definition) is 1. The SMILES string of the molecule is CC(C)(C(=O)N1CCN(CCO)CC1)C1CCCC1. The molecule has 0 aromatic carbocycles. The Morgan fingerprint density at radius 2 is 1.74 bits per heavy atom. The molecule has 110 valence electrons. The van der Waals surface area contributed by atoms with Gasteiger partial charge in [0.15, 0.2) is 0 Å². The van der Waals surface area contributed by atoms with Crippen LogP contribution in [0.1, 0.15) is 39.5 Å². The Morgan fingerprint density at radius 3 is 2.26 bits per heavy atom. The first-order valence-electron chi connectivity index (χ1n) is 7.68. The van der Waals surface area contributed by atoms with Gasteiger partial charge in [-0.25, -0.2) is 0 Å². The molecular weight excluding hydrogens is 240 g/mol. The van der Waals surface area contributed by atoms with E-state index in [1.165, 1.54) is 25.7 Å². The van der Waals surface area contributed by atoms with Crippen molar-refractivity contribution in [1.29, 1.82) is 0 Å². The summed E-state index contributed by atoms with van der Waals surface area (Å²) in [6.07, 6.45) is 4.99. The zero-order valence-corrected chi connectivity index (χ0v) is 12.4. The number of rotatable bonds is 4. The molecule has 1 aliphatic carbocycles. The number of carbonyl (C=O) groups is 1. The quantitative estimate of drug-likeness (QED) is 0.837. The molecule has 1 heterocycles. The molecule has 1 saturated heterocycles. The second kappa shape index (κ2) is 6.23. The highest BCUT2D eigenvalue weighted by Gasteiger charge is 2.40. The number of aliphatic hydroxyl groups excluding tert-OH is 1. The van der Waals surface area contributed by atoms with Crippen LogP contribution < -0.4 is 0 Å². The molecule has 19 heavy (non-hydrogen) atoms. The largest absolute Gasteiger partial charge is 0.395 e. The van der Waals surface area contributed by atoms with Crippen LogP contribution >= 0.6 is 0 Å². The second-order valence-corrected chi connectivity index (χ2v) is 6.56. The van der Waals surface area contributed by atoms with Crippen molar-refractivity contribution in [2.75, 3.05) is 39.3 Å². The maximum atomic E-state index is 12.7. The van der Waals surface area contributed by atoms with Gasteiger partial charge in [0.05, 0.1) is 6.61 Å². The molecule has 1 aliphatic heterocycles. The minimum absolute atomic E-state index is 0.199. The predicted octanol–water partition coefficient (Wildman–Crippen LogP) is 1.34. The van der Waals surface area contributed by atoms with Crippen LogP contribution in [0.2, 0.25) is 0 Å². The molecule has 0 atom stereocenters. The van der Waals surface area contributed by atoms with Gasteiger partial charge in [-0.2, -0.15) is 0 Å². The van der Waals surface area contributed by atoms with E-state index in [1.807, 2.05) is 4.90 Å². The van der Waals surface area contributed by atoms with Gasteiger partial charge in [-0.1, -0.05) is 26.7 Å². The predicted molar refractivity (Wildman–Crippen MR) is 75.8 cm³/mol. The summed E-state index contributed by atoms with van der Waals surface area (Å²) in [6, 6.07) is 0. The van der Waals surface area contributed by atoms with Crippen molar-refractivity contribution in [2.24, 2.45) is 11.3 Å². The normalized spacial score (nSPS) is 23.0. The highest BCUT2D eigenvalue weighted by atomic mass is 16.3. The van der Waals surface area contributed by atoms with Crippen molar-refractivity contribution in [3.63, 3.8) is 0 Å². The van der Waals surface area contributed by atoms with Gasteiger partial charge < -0.3 is 10.0 Å². The zero-order chi connectivity index (χ0) is 13.9. The zero-order valence-electron chi connectivity index (χ0n) is 12.4. The maximum absolute atomic E-state index is 12.7. The smallest absolute Gasteiger partial charge is 0.228 e. The van der Waals surface area contributed by atoms with Gasteiger partial charge in [-0.3, -0.25) is 9.69 Å². The summed E-state index contributed by atoms with van der Waals surface area (Å²) in [4.78, 5) is 17.0. The van der Waals surface area contributed by atoms with Crippen LogP contribution in [0.4, 0.5) is 0 Å². The monoisotopic (exact) mass is 268 g/mol. The van der Waals surface area contributed by atoms with E-state index in [0.717, 1.165) is 32.7 Å². The summed E-state index contributed by atoms with van der Waals surface area (Å²) in [5.41, 5.74) is -0.199. The fourth-order valence-electron chi connectivity index (χ4n) is 3.55. The Hall–Kier alpha value is -0.610. The average Bonchev–Trinajstić information content (AvgIpc) is 2.94. The first-order valence-corrected chi connectivity index (χ1v) is 7.68. The topological polar surface area (TPSA) is 43.8 Å². The molecule has 2 aliphatic rings. The van der Waals surface area contributed by atoms with Crippen molar-refractivity contribution in [3.8, 4) is 0 Å². The lowest BCUT2D eigenvalue weighted by atomic mass is 9.76. The Balaban J connectivity index is 1.89. The van der Waals surface area contributed by atoms with E-state index in [1.54, 1.807) is 0 Å². The lowest BCUT2D eigenvalue weighted by molar-refractivity contribution is -0.145. The van der Waals surface area contributed by atoms with Crippen LogP contribution in [-0.4, -0.2) is 60.1 Å². The number of piperazine rings is 1. The van der Waals surface area contributed by atoms with E-state index in [-0.39, 0.29) is 12.0 Å². The molecule has 2 rings (SSSR count). The molecule has 1 saturated carbocycles. The van der Waals surface area contributed by atoms with Gasteiger partial charge in [0.1, 0.15) is 0 Å². The number of aliphatic hydroxyl groups is 1. The van der Waals surface area contributed by atoms with Crippen LogP contribution in [0.25, 0.3) is 0 Å². The second-order valence-electron chi connectivity index (χ2n) is 6.56. The number of amides is 1. The van der Waals surface area contributed by atoms with Crippen molar-refractivity contribution in [1.82, 2.24) is 9.80 Å². The molecule has 0 radical (unpaired) electrons. The summed E-state index contributed by atoms with van der Waals surface area (Å²) in [5.74, 6) is 0.901. The van der Waals surface area contributed by atoms with Crippen LogP contribution in [0.15, 0.2) is 0 Å². The van der Waals surface area contributed by atoms with Crippen LogP contribution in [0.5, 0.6) is 0 Å². The molecule has 0 aromatic rings. The molecular formula is C15H28N2O2. The maximum Gasteiger partial charge on any atom is 0.228 e. The molecule has 0 unspecified atom stereocenters. The van der Waals surface area contributed by atoms with E-state index in [9.17, 15) is 4.79 Å². The molecule has 0 bridgehead atoms. The van der Waals surface area contributed by atoms with Gasteiger partial charge in [-0.15, -0.1) is 0 Å². The Labute approximate surface area is 116 Å². The van der Waals surface area contributed by atoms with Gasteiger partial charge in [0, 0.05) is 38.1 Å². The number of β-amino-alcohol motifs (C(OH)–C–C–N with tert-alkyl or cyclic N) is 1. The number of hydrogen-bond acceptors (Lipinski definition) is 3. The first-order chi connectivity index (χ1) is 9.05. The molecule has 0 spiro atoms.